The zero-order valence-electron chi connectivity index (χ0n) is 16.5. The van der Waals surface area contributed by atoms with Gasteiger partial charge in [-0.05, 0) is 62.9 Å². The normalized spacial score (nSPS) is 18.3. The van der Waals surface area contributed by atoms with E-state index in [1.54, 1.807) is 24.3 Å². The molecule has 1 fully saturated rings. The molecule has 150 valence electrons. The standard InChI is InChI=1S/C23H25N3O3/c1-2-29-21-9-4-3-8-20(21)26-23(28)18-12-10-17(11-13-18)22(27)25-19-7-5-6-16(14-19)15-24/h3-9,14,17-18H,2,10-13H2,1H3,(H,25,27)(H,26,28). The molecule has 0 heterocycles. The molecule has 2 N–H and O–H groups in total. The van der Waals surface area contributed by atoms with E-state index in [2.05, 4.69) is 16.7 Å². The van der Waals surface area contributed by atoms with Crippen LogP contribution < -0.4 is 15.4 Å². The lowest BCUT2D eigenvalue weighted by Crippen LogP contribution is -2.32. The van der Waals surface area contributed by atoms with Crippen LogP contribution in [-0.4, -0.2) is 18.4 Å². The number of anilines is 2. The molecule has 0 atom stereocenters. The molecule has 2 aromatic carbocycles. The van der Waals surface area contributed by atoms with E-state index in [0.717, 1.165) is 0 Å². The quantitative estimate of drug-likeness (QED) is 0.766. The van der Waals surface area contributed by atoms with E-state index in [4.69, 9.17) is 10.00 Å². The Morgan fingerprint density at radius 3 is 2.31 bits per heavy atom. The van der Waals surface area contributed by atoms with Gasteiger partial charge in [0.1, 0.15) is 5.75 Å². The Hall–Kier alpha value is -3.33. The van der Waals surface area contributed by atoms with Gasteiger partial charge >= 0.3 is 0 Å². The van der Waals surface area contributed by atoms with Crippen molar-refractivity contribution in [3.63, 3.8) is 0 Å². The lowest BCUT2D eigenvalue weighted by molar-refractivity contribution is -0.125. The minimum atomic E-state index is -0.125. The largest absolute Gasteiger partial charge is 0.492 e. The maximum absolute atomic E-state index is 12.7. The zero-order valence-corrected chi connectivity index (χ0v) is 16.5. The molecule has 1 saturated carbocycles. The van der Waals surface area contributed by atoms with Crippen molar-refractivity contribution < 1.29 is 14.3 Å². The average molecular weight is 391 g/mol. The summed E-state index contributed by atoms with van der Waals surface area (Å²) in [6.45, 7) is 2.44. The molecular formula is C23H25N3O3. The molecule has 0 aromatic heterocycles. The van der Waals surface area contributed by atoms with Crippen molar-refractivity contribution in [1.29, 1.82) is 5.26 Å². The Balaban J connectivity index is 1.52. The number of amides is 2. The molecule has 1 aliphatic carbocycles. The number of hydrogen-bond acceptors (Lipinski definition) is 4. The van der Waals surface area contributed by atoms with Crippen molar-refractivity contribution in [2.75, 3.05) is 17.2 Å². The summed E-state index contributed by atoms with van der Waals surface area (Å²) in [4.78, 5) is 25.2. The van der Waals surface area contributed by atoms with Gasteiger partial charge in [-0.2, -0.15) is 5.26 Å². The predicted octanol–water partition coefficient (Wildman–Crippen LogP) is 4.34. The van der Waals surface area contributed by atoms with Crippen LogP contribution in [0, 0.1) is 23.2 Å². The molecule has 3 rings (SSSR count). The molecule has 29 heavy (non-hydrogen) atoms. The van der Waals surface area contributed by atoms with Crippen LogP contribution in [0.4, 0.5) is 11.4 Å². The summed E-state index contributed by atoms with van der Waals surface area (Å²) in [5.41, 5.74) is 1.81. The fourth-order valence-corrected chi connectivity index (χ4v) is 3.61. The highest BCUT2D eigenvalue weighted by atomic mass is 16.5. The minimum Gasteiger partial charge on any atom is -0.492 e. The molecule has 0 spiro atoms. The fraction of sp³-hybridized carbons (Fsp3) is 0.348. The van der Waals surface area contributed by atoms with Crippen LogP contribution in [0.25, 0.3) is 0 Å². The third kappa shape index (κ3) is 5.35. The first kappa shape index (κ1) is 20.4. The highest BCUT2D eigenvalue weighted by Gasteiger charge is 2.30. The summed E-state index contributed by atoms with van der Waals surface area (Å²) >= 11 is 0. The number of rotatable bonds is 6. The van der Waals surface area contributed by atoms with Crippen LogP contribution in [0.5, 0.6) is 5.75 Å². The minimum absolute atomic E-state index is 0.0299. The van der Waals surface area contributed by atoms with Crippen LogP contribution in [0.1, 0.15) is 38.2 Å². The number of nitrogens with one attached hydrogen (secondary N) is 2. The molecule has 2 amide bonds. The lowest BCUT2D eigenvalue weighted by Gasteiger charge is -2.27. The molecule has 0 aliphatic heterocycles. The molecule has 6 nitrogen and oxygen atoms in total. The van der Waals surface area contributed by atoms with E-state index in [1.807, 2.05) is 31.2 Å². The van der Waals surface area contributed by atoms with Gasteiger partial charge in [0.05, 0.1) is 23.9 Å². The topological polar surface area (TPSA) is 91.2 Å². The van der Waals surface area contributed by atoms with Crippen LogP contribution in [0.2, 0.25) is 0 Å². The van der Waals surface area contributed by atoms with Crippen molar-refractivity contribution in [2.45, 2.75) is 32.6 Å². The van der Waals surface area contributed by atoms with Crippen molar-refractivity contribution in [3.05, 3.63) is 54.1 Å². The second-order valence-electron chi connectivity index (χ2n) is 7.15. The molecule has 0 radical (unpaired) electrons. The summed E-state index contributed by atoms with van der Waals surface area (Å²) < 4.78 is 5.56. The average Bonchev–Trinajstić information content (AvgIpc) is 2.75. The summed E-state index contributed by atoms with van der Waals surface area (Å²) in [6.07, 6.45) is 2.65. The number of ether oxygens (including phenoxy) is 1. The number of carbonyl (C=O) groups is 2. The van der Waals surface area contributed by atoms with Crippen molar-refractivity contribution in [2.24, 2.45) is 11.8 Å². The highest BCUT2D eigenvalue weighted by molar-refractivity contribution is 5.95. The summed E-state index contributed by atoms with van der Waals surface area (Å²) in [5.74, 6) is 0.338. The van der Waals surface area contributed by atoms with Gasteiger partial charge in [-0.25, -0.2) is 0 Å². The number of hydrogen-bond donors (Lipinski definition) is 2. The van der Waals surface area contributed by atoms with Crippen LogP contribution in [0.15, 0.2) is 48.5 Å². The molecule has 0 unspecified atom stereocenters. The second-order valence-corrected chi connectivity index (χ2v) is 7.15. The summed E-state index contributed by atoms with van der Waals surface area (Å²) in [6, 6.07) is 16.3. The Labute approximate surface area is 170 Å². The first-order valence-electron chi connectivity index (χ1n) is 9.94. The molecular weight excluding hydrogens is 366 g/mol. The first-order chi connectivity index (χ1) is 14.1. The molecule has 6 heteroatoms. The van der Waals surface area contributed by atoms with Gasteiger partial charge < -0.3 is 15.4 Å². The Bertz CT molecular complexity index is 912. The lowest BCUT2D eigenvalue weighted by atomic mass is 9.81. The maximum Gasteiger partial charge on any atom is 0.227 e. The number of nitrogens with zero attached hydrogens (tertiary/aromatic N) is 1. The Kier molecular flexibility index (Phi) is 6.85. The smallest absolute Gasteiger partial charge is 0.227 e. The zero-order chi connectivity index (χ0) is 20.6. The molecule has 0 bridgehead atoms. The predicted molar refractivity (Wildman–Crippen MR) is 111 cm³/mol. The first-order valence-corrected chi connectivity index (χ1v) is 9.94. The van der Waals surface area contributed by atoms with E-state index in [-0.39, 0.29) is 23.7 Å². The SMILES string of the molecule is CCOc1ccccc1NC(=O)C1CCC(C(=O)Nc2cccc(C#N)c2)CC1. The van der Waals surface area contributed by atoms with Crippen LogP contribution in [0.3, 0.4) is 0 Å². The number of para-hydroxylation sites is 2. The number of carbonyl (C=O) groups excluding carboxylic acids is 2. The number of benzene rings is 2. The van der Waals surface area contributed by atoms with Gasteiger partial charge in [0.15, 0.2) is 0 Å². The van der Waals surface area contributed by atoms with Gasteiger partial charge in [-0.3, -0.25) is 9.59 Å². The number of nitriles is 1. The third-order valence-electron chi connectivity index (χ3n) is 5.17. The van der Waals surface area contributed by atoms with Crippen LogP contribution in [-0.2, 0) is 9.59 Å². The highest BCUT2D eigenvalue weighted by Crippen LogP contribution is 2.32. The second kappa shape index (κ2) is 9.74. The van der Waals surface area contributed by atoms with Crippen molar-refractivity contribution >= 4 is 23.2 Å². The maximum atomic E-state index is 12.7. The molecule has 1 aliphatic rings. The Morgan fingerprint density at radius 2 is 1.66 bits per heavy atom. The monoisotopic (exact) mass is 391 g/mol. The van der Waals surface area contributed by atoms with Crippen LogP contribution >= 0.6 is 0 Å². The summed E-state index contributed by atoms with van der Waals surface area (Å²) in [7, 11) is 0. The van der Waals surface area contributed by atoms with E-state index in [0.29, 0.717) is 55.0 Å². The summed E-state index contributed by atoms with van der Waals surface area (Å²) in [5, 5.41) is 14.8. The van der Waals surface area contributed by atoms with Gasteiger partial charge in [0.2, 0.25) is 11.8 Å². The van der Waals surface area contributed by atoms with Gasteiger partial charge in [0.25, 0.3) is 0 Å². The van der Waals surface area contributed by atoms with E-state index in [1.165, 1.54) is 0 Å². The van der Waals surface area contributed by atoms with E-state index >= 15 is 0 Å². The molecule has 2 aromatic rings. The van der Waals surface area contributed by atoms with Crippen molar-refractivity contribution in [1.82, 2.24) is 0 Å². The Morgan fingerprint density at radius 1 is 1.00 bits per heavy atom. The van der Waals surface area contributed by atoms with Crippen molar-refractivity contribution in [3.8, 4) is 11.8 Å². The van der Waals surface area contributed by atoms with Gasteiger partial charge in [-0.1, -0.05) is 18.2 Å². The molecule has 0 saturated heterocycles. The van der Waals surface area contributed by atoms with E-state index < -0.39 is 0 Å². The van der Waals surface area contributed by atoms with Gasteiger partial charge in [-0.15, -0.1) is 0 Å². The van der Waals surface area contributed by atoms with E-state index in [9.17, 15) is 9.59 Å². The fourth-order valence-electron chi connectivity index (χ4n) is 3.61. The third-order valence-corrected chi connectivity index (χ3v) is 5.17. The van der Waals surface area contributed by atoms with Gasteiger partial charge in [0, 0.05) is 17.5 Å².